The maximum absolute atomic E-state index is 13.1. The van der Waals surface area contributed by atoms with Gasteiger partial charge < -0.3 is 25.4 Å². The van der Waals surface area contributed by atoms with Gasteiger partial charge in [-0.2, -0.15) is 23.1 Å². The number of anilines is 1. The molecule has 1 saturated heterocycles. The van der Waals surface area contributed by atoms with Gasteiger partial charge in [0.1, 0.15) is 6.10 Å². The number of aryl methyl sites for hydroxylation is 1. The molecule has 0 saturated carbocycles. The van der Waals surface area contributed by atoms with Gasteiger partial charge in [-0.05, 0) is 6.42 Å². The highest BCUT2D eigenvalue weighted by Gasteiger charge is 2.50. The van der Waals surface area contributed by atoms with Gasteiger partial charge >= 0.3 is 11.9 Å². The van der Waals surface area contributed by atoms with Gasteiger partial charge in [-0.1, -0.05) is 13.3 Å². The monoisotopic (exact) mass is 421 g/mol. The molecule has 3 rings (SSSR count). The van der Waals surface area contributed by atoms with Crippen LogP contribution >= 0.6 is 0 Å². The lowest BCUT2D eigenvalue weighted by Gasteiger charge is -2.21. The molecule has 0 aliphatic carbocycles. The first-order valence-corrected chi connectivity index (χ1v) is 9.00. The van der Waals surface area contributed by atoms with Crippen LogP contribution in [0.3, 0.4) is 0 Å². The van der Waals surface area contributed by atoms with E-state index in [1.54, 1.807) is 0 Å². The number of methoxy groups -OCH3 is 1. The summed E-state index contributed by atoms with van der Waals surface area (Å²) in [6, 6.07) is 0. The van der Waals surface area contributed by atoms with Crippen molar-refractivity contribution in [2.75, 3.05) is 12.8 Å². The molecule has 10 nitrogen and oxygen atoms in total. The molecule has 0 bridgehead atoms. The summed E-state index contributed by atoms with van der Waals surface area (Å²) in [5, 5.41) is 19.8. The second-order valence-electron chi connectivity index (χ2n) is 6.78. The molecule has 29 heavy (non-hydrogen) atoms. The third-order valence-electron chi connectivity index (χ3n) is 4.77. The van der Waals surface area contributed by atoms with Gasteiger partial charge in [0.25, 0.3) is 0 Å². The van der Waals surface area contributed by atoms with E-state index < -0.39 is 42.8 Å². The third kappa shape index (κ3) is 3.76. The number of nitrogens with zero attached hydrogens (tertiary/aromatic N) is 4. The van der Waals surface area contributed by atoms with Crippen LogP contribution in [0.2, 0.25) is 0 Å². The summed E-state index contributed by atoms with van der Waals surface area (Å²) in [6.45, 7) is 2.18. The van der Waals surface area contributed by atoms with Crippen molar-refractivity contribution in [2.45, 2.75) is 63.4 Å². The van der Waals surface area contributed by atoms with Crippen LogP contribution in [0.25, 0.3) is 11.2 Å². The standard InChI is InChI=1S/C16H22F3N5O5/c1-3-4-5-23-9-11(21-14(20)22-12(9)28-2)24(15(23)27)13-7(25)6-8(29-13)10(26)16(17,18)19/h7-8,10,13,25-26H,3-6H2,1-2H3,(H2,20,21,22)/t7-,8+,10-,13-/m1/s1. The second kappa shape index (κ2) is 7.80. The Balaban J connectivity index is 2.13. The number of aromatic nitrogens is 4. The summed E-state index contributed by atoms with van der Waals surface area (Å²) >= 11 is 0. The van der Waals surface area contributed by atoms with Crippen molar-refractivity contribution in [3.05, 3.63) is 10.5 Å². The topological polar surface area (TPSA) is 138 Å². The maximum Gasteiger partial charge on any atom is 0.416 e. The highest BCUT2D eigenvalue weighted by molar-refractivity contribution is 5.78. The molecule has 0 amide bonds. The van der Waals surface area contributed by atoms with E-state index in [0.717, 1.165) is 11.0 Å². The van der Waals surface area contributed by atoms with Crippen LogP contribution in [0.1, 0.15) is 32.4 Å². The summed E-state index contributed by atoms with van der Waals surface area (Å²) in [5.74, 6) is -0.214. The zero-order valence-corrected chi connectivity index (χ0v) is 15.8. The van der Waals surface area contributed by atoms with Gasteiger partial charge in [-0.25, -0.2) is 9.36 Å². The van der Waals surface area contributed by atoms with Crippen molar-refractivity contribution in [3.8, 4) is 5.88 Å². The Kier molecular flexibility index (Phi) is 5.74. The van der Waals surface area contributed by atoms with E-state index >= 15 is 0 Å². The summed E-state index contributed by atoms with van der Waals surface area (Å²) in [4.78, 5) is 21.0. The Hall–Kier alpha value is -2.38. The summed E-state index contributed by atoms with van der Waals surface area (Å²) in [7, 11) is 1.32. The molecule has 4 atom stereocenters. The van der Waals surface area contributed by atoms with Crippen LogP contribution in [0.15, 0.2) is 4.79 Å². The van der Waals surface area contributed by atoms with Crippen LogP contribution < -0.4 is 16.2 Å². The molecule has 1 fully saturated rings. The lowest BCUT2D eigenvalue weighted by atomic mass is 10.1. The number of aliphatic hydroxyl groups is 2. The predicted octanol–water partition coefficient (Wildman–Crippen LogP) is 0.555. The van der Waals surface area contributed by atoms with Crippen molar-refractivity contribution >= 4 is 17.1 Å². The fraction of sp³-hybridized carbons (Fsp3) is 0.688. The molecule has 2 aromatic heterocycles. The van der Waals surface area contributed by atoms with Crippen molar-refractivity contribution in [3.63, 3.8) is 0 Å². The number of imidazole rings is 1. The first-order chi connectivity index (χ1) is 13.6. The molecule has 1 aliphatic heterocycles. The third-order valence-corrected chi connectivity index (χ3v) is 4.77. The normalized spacial score (nSPS) is 23.6. The molecule has 0 spiro atoms. The van der Waals surface area contributed by atoms with Gasteiger partial charge in [0.05, 0.1) is 13.2 Å². The number of hydrogen-bond acceptors (Lipinski definition) is 8. The second-order valence-corrected chi connectivity index (χ2v) is 6.78. The Morgan fingerprint density at radius 3 is 2.69 bits per heavy atom. The highest BCUT2D eigenvalue weighted by atomic mass is 19.4. The number of fused-ring (bicyclic) bond motifs is 1. The molecule has 1 aliphatic rings. The van der Waals surface area contributed by atoms with Gasteiger partial charge in [0.15, 0.2) is 23.5 Å². The van der Waals surface area contributed by atoms with Gasteiger partial charge in [-0.15, -0.1) is 0 Å². The fourth-order valence-corrected chi connectivity index (χ4v) is 3.38. The Labute approximate surface area is 162 Å². The van der Waals surface area contributed by atoms with Crippen molar-refractivity contribution < 1.29 is 32.9 Å². The predicted molar refractivity (Wildman–Crippen MR) is 94.3 cm³/mol. The number of nitrogen functional groups attached to an aromatic ring is 1. The Morgan fingerprint density at radius 1 is 1.41 bits per heavy atom. The van der Waals surface area contributed by atoms with E-state index in [1.807, 2.05) is 6.92 Å². The quantitative estimate of drug-likeness (QED) is 0.615. The minimum atomic E-state index is -4.94. The number of ether oxygens (including phenoxy) is 2. The Bertz CT molecular complexity index is 944. The van der Waals surface area contributed by atoms with Gasteiger partial charge in [-0.3, -0.25) is 4.57 Å². The number of nitrogens with two attached hydrogens (primary N) is 1. The molecule has 4 N–H and O–H groups in total. The number of unbranched alkanes of at least 4 members (excludes halogenated alkanes) is 1. The molecule has 2 aromatic rings. The molecule has 0 unspecified atom stereocenters. The van der Waals surface area contributed by atoms with E-state index in [2.05, 4.69) is 9.97 Å². The van der Waals surface area contributed by atoms with Crippen LogP contribution in [0.4, 0.5) is 19.1 Å². The molecule has 13 heteroatoms. The first-order valence-electron chi connectivity index (χ1n) is 9.00. The summed E-state index contributed by atoms with van der Waals surface area (Å²) in [5.41, 5.74) is 5.16. The molecule has 162 valence electrons. The number of halogens is 3. The minimum absolute atomic E-state index is 0.0128. The first kappa shape index (κ1) is 21.3. The maximum atomic E-state index is 13.1. The molecule has 0 aromatic carbocycles. The van der Waals surface area contributed by atoms with E-state index in [9.17, 15) is 28.2 Å². The fourth-order valence-electron chi connectivity index (χ4n) is 3.38. The van der Waals surface area contributed by atoms with Crippen LogP contribution in [-0.2, 0) is 11.3 Å². The Morgan fingerprint density at radius 2 is 2.10 bits per heavy atom. The number of aliphatic hydroxyl groups excluding tert-OH is 2. The van der Waals surface area contributed by atoms with Gasteiger partial charge in [0, 0.05) is 13.0 Å². The van der Waals surface area contributed by atoms with E-state index in [4.69, 9.17) is 15.2 Å². The summed E-state index contributed by atoms with van der Waals surface area (Å²) < 4.78 is 51.2. The smallest absolute Gasteiger partial charge is 0.416 e. The molecule has 3 heterocycles. The lowest BCUT2D eigenvalue weighted by molar-refractivity contribution is -0.237. The van der Waals surface area contributed by atoms with Crippen molar-refractivity contribution in [1.29, 1.82) is 0 Å². The minimum Gasteiger partial charge on any atom is -0.479 e. The number of alkyl halides is 3. The van der Waals surface area contributed by atoms with Crippen LogP contribution in [0, 0.1) is 0 Å². The van der Waals surface area contributed by atoms with E-state index in [1.165, 1.54) is 11.7 Å². The summed E-state index contributed by atoms with van der Waals surface area (Å²) in [6.07, 6.45) is -11.6. The van der Waals surface area contributed by atoms with Crippen molar-refractivity contribution in [2.24, 2.45) is 0 Å². The number of rotatable bonds is 6. The van der Waals surface area contributed by atoms with E-state index in [0.29, 0.717) is 6.42 Å². The SMILES string of the molecule is CCCCn1c(=O)n([C@@H]2O[C@H]([C@@H](O)C(F)(F)F)C[C@H]2O)c2nc(N)nc(OC)c21. The zero-order valence-electron chi connectivity index (χ0n) is 15.8. The largest absolute Gasteiger partial charge is 0.479 e. The highest BCUT2D eigenvalue weighted by Crippen LogP contribution is 2.37. The van der Waals surface area contributed by atoms with Gasteiger partial charge in [0.2, 0.25) is 11.8 Å². The van der Waals surface area contributed by atoms with E-state index in [-0.39, 0.29) is 29.5 Å². The molecular formula is C16H22F3N5O5. The van der Waals surface area contributed by atoms with Crippen LogP contribution in [0.5, 0.6) is 5.88 Å². The van der Waals surface area contributed by atoms with Crippen LogP contribution in [-0.4, -0.2) is 60.9 Å². The number of hydrogen-bond donors (Lipinski definition) is 3. The zero-order chi connectivity index (χ0) is 21.5. The molecular weight excluding hydrogens is 399 g/mol. The average Bonchev–Trinajstić information content (AvgIpc) is 3.14. The van der Waals surface area contributed by atoms with Crippen molar-refractivity contribution in [1.82, 2.24) is 19.1 Å². The average molecular weight is 421 g/mol. The lowest BCUT2D eigenvalue weighted by Crippen LogP contribution is -2.39. The molecule has 0 radical (unpaired) electrons.